The molecular weight excluding hydrogens is 791 g/mol. The van der Waals surface area contributed by atoms with Gasteiger partial charge in [-0.25, -0.2) is 0 Å². The van der Waals surface area contributed by atoms with E-state index in [9.17, 15) is 19.8 Å². The fraction of sp³-hybridized carbons (Fsp3) is 0.759. The number of carbonyl (C=O) groups is 2. The summed E-state index contributed by atoms with van der Waals surface area (Å²) < 4.78 is 5.88. The van der Waals surface area contributed by atoms with Crippen molar-refractivity contribution in [2.45, 2.75) is 277 Å². The number of hydrogen-bond donors (Lipinski definition) is 3. The Balaban J connectivity index is 4.69. The van der Waals surface area contributed by atoms with Crippen molar-refractivity contribution in [3.8, 4) is 0 Å². The molecule has 0 radical (unpaired) electrons. The summed E-state index contributed by atoms with van der Waals surface area (Å²) in [7, 11) is 0. The molecule has 0 spiro atoms. The van der Waals surface area contributed by atoms with Crippen LogP contribution in [0.2, 0.25) is 0 Å². The second-order valence-electron chi connectivity index (χ2n) is 18.3. The lowest BCUT2D eigenvalue weighted by Gasteiger charge is -2.24. The monoisotopic (exact) mass is 894 g/mol. The summed E-state index contributed by atoms with van der Waals surface area (Å²) in [5, 5.41) is 23.8. The molecule has 64 heavy (non-hydrogen) atoms. The first kappa shape index (κ1) is 61.3. The van der Waals surface area contributed by atoms with Gasteiger partial charge in [0, 0.05) is 12.8 Å². The maximum Gasteiger partial charge on any atom is 0.306 e. The van der Waals surface area contributed by atoms with Crippen LogP contribution in [0.4, 0.5) is 0 Å². The molecule has 0 aliphatic rings. The van der Waals surface area contributed by atoms with E-state index in [0.717, 1.165) is 70.6 Å². The molecule has 1 amide bonds. The lowest BCUT2D eigenvalue weighted by Crippen LogP contribution is -2.46. The fourth-order valence-corrected chi connectivity index (χ4v) is 7.92. The van der Waals surface area contributed by atoms with Crippen molar-refractivity contribution in [2.24, 2.45) is 0 Å². The predicted molar refractivity (Wildman–Crippen MR) is 278 cm³/mol. The molecule has 0 aromatic heterocycles. The van der Waals surface area contributed by atoms with E-state index in [2.05, 4.69) is 86.8 Å². The van der Waals surface area contributed by atoms with Gasteiger partial charge in [0.2, 0.25) is 5.91 Å². The van der Waals surface area contributed by atoms with E-state index in [4.69, 9.17) is 4.74 Å². The highest BCUT2D eigenvalue weighted by atomic mass is 16.5. The Morgan fingerprint density at radius 3 is 1.31 bits per heavy atom. The van der Waals surface area contributed by atoms with Crippen LogP contribution < -0.4 is 5.32 Å². The standard InChI is InChI=1S/C58H103NO5/c1-4-7-10-13-16-19-22-25-27-28-30-33-36-39-42-45-48-51-58(63)64-54(49-46-43-40-37-34-32-29-26-23-20-17-14-11-8-5-2)52-57(62)59-55(53-60)56(61)50-47-44-41-38-35-31-24-21-18-15-12-9-6-3/h8,11,17,20,25-27,29,34,37,43,46,54-56,60-61H,4-7,9-10,12-16,18-19,21-24,28,30-33,35-36,38-42,44-45,47-53H2,1-3H3,(H,59,62)/b11-8-,20-17-,27-25+,29-26-,37-34-,46-43-. The zero-order valence-corrected chi connectivity index (χ0v) is 42.1. The van der Waals surface area contributed by atoms with Crippen molar-refractivity contribution < 1.29 is 24.5 Å². The van der Waals surface area contributed by atoms with Gasteiger partial charge in [0.25, 0.3) is 0 Å². The molecule has 0 heterocycles. The minimum atomic E-state index is -0.815. The van der Waals surface area contributed by atoms with Crippen LogP contribution >= 0.6 is 0 Å². The molecule has 370 valence electrons. The molecule has 0 aliphatic heterocycles. The fourth-order valence-electron chi connectivity index (χ4n) is 7.92. The Labute approximate surface area is 396 Å². The first-order valence-corrected chi connectivity index (χ1v) is 27.2. The first-order chi connectivity index (χ1) is 31.5. The second-order valence-corrected chi connectivity index (χ2v) is 18.3. The number of aliphatic hydroxyl groups excluding tert-OH is 2. The largest absolute Gasteiger partial charge is 0.461 e. The van der Waals surface area contributed by atoms with Gasteiger partial charge in [-0.1, -0.05) is 241 Å². The SMILES string of the molecule is CC/C=C\C/C=C\C/C=C\C/C=C\C/C=C\CC(CC(=O)NC(CO)C(O)CCCCCCCCCCCCCCC)OC(=O)CCCCCCCCC/C=C/CCCCCCCC. The van der Waals surface area contributed by atoms with Crippen LogP contribution in [0.5, 0.6) is 0 Å². The molecule has 0 rings (SSSR count). The number of rotatable bonds is 48. The molecule has 0 saturated heterocycles. The van der Waals surface area contributed by atoms with E-state index in [1.807, 2.05) is 12.2 Å². The van der Waals surface area contributed by atoms with Crippen molar-refractivity contribution >= 4 is 11.9 Å². The van der Waals surface area contributed by atoms with Gasteiger partial charge in [0.05, 0.1) is 25.2 Å². The third-order valence-electron chi connectivity index (χ3n) is 12.0. The molecule has 3 unspecified atom stereocenters. The number of ether oxygens (including phenoxy) is 1. The Morgan fingerprint density at radius 2 is 0.875 bits per heavy atom. The first-order valence-electron chi connectivity index (χ1n) is 27.2. The van der Waals surface area contributed by atoms with Gasteiger partial charge in [-0.3, -0.25) is 9.59 Å². The topological polar surface area (TPSA) is 95.9 Å². The van der Waals surface area contributed by atoms with Crippen molar-refractivity contribution in [1.29, 1.82) is 0 Å². The van der Waals surface area contributed by atoms with Crippen LogP contribution in [0.3, 0.4) is 0 Å². The summed E-state index contributed by atoms with van der Waals surface area (Å²) in [6, 6.07) is -0.735. The molecule has 0 saturated carbocycles. The van der Waals surface area contributed by atoms with Gasteiger partial charge < -0.3 is 20.3 Å². The summed E-state index contributed by atoms with van der Waals surface area (Å²) in [6.45, 7) is 6.34. The zero-order valence-electron chi connectivity index (χ0n) is 42.1. The van der Waals surface area contributed by atoms with Crippen LogP contribution in [0.15, 0.2) is 72.9 Å². The molecule has 0 aromatic rings. The second kappa shape index (κ2) is 51.3. The normalized spacial score (nSPS) is 13.8. The van der Waals surface area contributed by atoms with Crippen LogP contribution in [-0.2, 0) is 14.3 Å². The zero-order chi connectivity index (χ0) is 46.7. The highest BCUT2D eigenvalue weighted by Crippen LogP contribution is 2.16. The summed E-state index contributed by atoms with van der Waals surface area (Å²) in [6.07, 6.45) is 65.5. The molecule has 3 N–H and O–H groups in total. The minimum absolute atomic E-state index is 0.00372. The number of aliphatic hydroxyl groups is 2. The van der Waals surface area contributed by atoms with Crippen molar-refractivity contribution in [2.75, 3.05) is 6.61 Å². The van der Waals surface area contributed by atoms with Crippen molar-refractivity contribution in [3.63, 3.8) is 0 Å². The molecule has 0 aliphatic carbocycles. The third-order valence-corrected chi connectivity index (χ3v) is 12.0. The smallest absolute Gasteiger partial charge is 0.306 e. The average Bonchev–Trinajstić information content (AvgIpc) is 3.29. The van der Waals surface area contributed by atoms with Crippen molar-refractivity contribution in [3.05, 3.63) is 72.9 Å². The molecule has 0 bridgehead atoms. The summed E-state index contributed by atoms with van der Waals surface area (Å²) in [4.78, 5) is 26.2. The summed E-state index contributed by atoms with van der Waals surface area (Å²) in [5.41, 5.74) is 0. The summed E-state index contributed by atoms with van der Waals surface area (Å²) in [5.74, 6) is -0.582. The van der Waals surface area contributed by atoms with E-state index in [-0.39, 0.29) is 24.9 Å². The molecule has 6 nitrogen and oxygen atoms in total. The number of carbonyl (C=O) groups excluding carboxylic acids is 2. The van der Waals surface area contributed by atoms with E-state index in [1.165, 1.54) is 141 Å². The van der Waals surface area contributed by atoms with E-state index < -0.39 is 18.2 Å². The number of nitrogens with one attached hydrogen (secondary N) is 1. The molecule has 0 fully saturated rings. The molecule has 0 aromatic carbocycles. The highest BCUT2D eigenvalue weighted by Gasteiger charge is 2.23. The Bertz CT molecular complexity index is 1190. The Kier molecular flexibility index (Phi) is 49.1. The van der Waals surface area contributed by atoms with Gasteiger partial charge in [-0.15, -0.1) is 0 Å². The predicted octanol–water partition coefficient (Wildman–Crippen LogP) is 16.6. The molecular formula is C58H103NO5. The minimum Gasteiger partial charge on any atom is -0.461 e. The van der Waals surface area contributed by atoms with Gasteiger partial charge in [0.1, 0.15) is 6.10 Å². The quantitative estimate of drug-likeness (QED) is 0.0321. The van der Waals surface area contributed by atoms with E-state index >= 15 is 0 Å². The maximum atomic E-state index is 13.2. The van der Waals surface area contributed by atoms with Crippen molar-refractivity contribution in [1.82, 2.24) is 5.32 Å². The van der Waals surface area contributed by atoms with Crippen LogP contribution in [0.1, 0.15) is 258 Å². The Hall–Kier alpha value is -2.70. The molecule has 6 heteroatoms. The van der Waals surface area contributed by atoms with Gasteiger partial charge >= 0.3 is 5.97 Å². The number of esters is 1. The maximum absolute atomic E-state index is 13.2. The van der Waals surface area contributed by atoms with Crippen LogP contribution in [0.25, 0.3) is 0 Å². The summed E-state index contributed by atoms with van der Waals surface area (Å²) >= 11 is 0. The van der Waals surface area contributed by atoms with Crippen LogP contribution in [0, 0.1) is 0 Å². The Morgan fingerprint density at radius 1 is 0.484 bits per heavy atom. The number of hydrogen-bond acceptors (Lipinski definition) is 5. The number of amides is 1. The lowest BCUT2D eigenvalue weighted by atomic mass is 10.0. The average molecular weight is 894 g/mol. The lowest BCUT2D eigenvalue weighted by molar-refractivity contribution is -0.150. The third kappa shape index (κ3) is 45.9. The highest BCUT2D eigenvalue weighted by molar-refractivity contribution is 5.77. The molecule has 3 atom stereocenters. The van der Waals surface area contributed by atoms with Crippen LogP contribution in [-0.4, -0.2) is 46.9 Å². The number of allylic oxidation sites excluding steroid dienone is 11. The van der Waals surface area contributed by atoms with E-state index in [0.29, 0.717) is 19.3 Å². The van der Waals surface area contributed by atoms with E-state index in [1.54, 1.807) is 0 Å². The number of unbranched alkanes of at least 4 members (excludes halogenated alkanes) is 25. The van der Waals surface area contributed by atoms with Gasteiger partial charge in [0.15, 0.2) is 0 Å². The van der Waals surface area contributed by atoms with Gasteiger partial charge in [-0.2, -0.15) is 0 Å². The van der Waals surface area contributed by atoms with Gasteiger partial charge in [-0.05, 0) is 70.6 Å².